The first-order valence-electron chi connectivity index (χ1n) is 17.6. The fourth-order valence-electron chi connectivity index (χ4n) is 7.13. The van der Waals surface area contributed by atoms with Crippen LogP contribution in [-0.4, -0.2) is 6.15 Å². The van der Waals surface area contributed by atoms with Gasteiger partial charge in [-0.05, 0) is 17.2 Å². The highest BCUT2D eigenvalue weighted by atomic mass is 32.1. The fourth-order valence-corrected chi connectivity index (χ4v) is 7.42. The Bertz CT molecular complexity index is 2640. The number of aromatic nitrogens is 1. The molecule has 7 rings (SSSR count). The Morgan fingerprint density at radius 3 is 0.877 bits per heavy atom. The predicted octanol–water partition coefficient (Wildman–Crippen LogP) is 9.82. The van der Waals surface area contributed by atoms with E-state index in [2.05, 4.69) is 72.1 Å². The van der Waals surface area contributed by atoms with Crippen molar-refractivity contribution in [1.82, 2.24) is 0 Å². The molecular formula is C42H16BF20NS. The van der Waals surface area contributed by atoms with E-state index in [1.165, 1.54) is 16.7 Å². The van der Waals surface area contributed by atoms with Crippen LogP contribution < -0.4 is 26.4 Å². The molecule has 0 unspecified atom stereocenters. The van der Waals surface area contributed by atoms with Gasteiger partial charge in [0.2, 0.25) is 0 Å². The van der Waals surface area contributed by atoms with E-state index >= 15 is 35.1 Å². The molecule has 1 nitrogen and oxygen atoms in total. The van der Waals surface area contributed by atoms with Crippen LogP contribution in [0.2, 0.25) is 0 Å². The molecule has 0 fully saturated rings. The molecule has 0 aliphatic heterocycles. The van der Waals surface area contributed by atoms with Gasteiger partial charge in [-0.2, -0.15) is 0 Å². The Labute approximate surface area is 356 Å². The van der Waals surface area contributed by atoms with Gasteiger partial charge in [-0.3, -0.25) is 0 Å². The minimum absolute atomic E-state index is 0.893. The molecular weight excluding hydrogens is 941 g/mol. The van der Waals surface area contributed by atoms with E-state index < -0.39 is 144 Å². The van der Waals surface area contributed by atoms with Gasteiger partial charge in [0.15, 0.2) is 88.7 Å². The second kappa shape index (κ2) is 18.2. The highest BCUT2D eigenvalue weighted by Crippen LogP contribution is 2.31. The molecule has 6 aromatic carbocycles. The maximum absolute atomic E-state index is 15.4. The lowest BCUT2D eigenvalue weighted by Crippen LogP contribution is -2.81. The minimum atomic E-state index is -7.22. The molecule has 23 heteroatoms. The number of halogens is 20. The monoisotopic (exact) mass is 957 g/mol. The SMILES string of the molecule is Fc1c(F)c(F)c([B-](c2c(F)c(F)c(F)c(F)c2F)(c2c(F)c(F)c(F)c(F)c2F)c2c(F)c(F)c(F)c(F)c2F)c(F)c1F.Sc1ccccc1-c1cc[n+](Cc2ccccc2)cc1. The van der Waals surface area contributed by atoms with Crippen molar-refractivity contribution in [1.29, 1.82) is 0 Å². The molecule has 0 bridgehead atoms. The molecule has 7 aromatic rings. The average Bonchev–Trinajstić information content (AvgIpc) is 3.30. The van der Waals surface area contributed by atoms with Crippen LogP contribution in [0.15, 0.2) is 84.0 Å². The first-order chi connectivity index (χ1) is 30.5. The third-order valence-corrected chi connectivity index (χ3v) is 10.4. The van der Waals surface area contributed by atoms with Gasteiger partial charge in [0, 0.05) is 22.6 Å². The summed E-state index contributed by atoms with van der Waals surface area (Å²) in [5.41, 5.74) is -10.7. The highest BCUT2D eigenvalue weighted by molar-refractivity contribution is 7.80. The van der Waals surface area contributed by atoms with E-state index in [1.807, 2.05) is 24.3 Å². The zero-order chi connectivity index (χ0) is 48.1. The molecule has 338 valence electrons. The van der Waals surface area contributed by atoms with Gasteiger partial charge >= 0.3 is 0 Å². The van der Waals surface area contributed by atoms with Gasteiger partial charge in [0.25, 0.3) is 0 Å². The number of nitrogens with zero attached hydrogens (tertiary/aromatic N) is 1. The summed E-state index contributed by atoms with van der Waals surface area (Å²) in [6, 6.07) is 22.9. The molecule has 0 aliphatic rings. The van der Waals surface area contributed by atoms with Crippen LogP contribution >= 0.6 is 12.6 Å². The minimum Gasteiger partial charge on any atom is -0.207 e. The molecule has 0 atom stereocenters. The summed E-state index contributed by atoms with van der Waals surface area (Å²) in [4.78, 5) is 1.01. The summed E-state index contributed by atoms with van der Waals surface area (Å²) in [5.74, 6) is -71.4. The van der Waals surface area contributed by atoms with Gasteiger partial charge in [0.1, 0.15) is 52.7 Å². The number of benzene rings is 6. The number of hydrogen-bond acceptors (Lipinski definition) is 1. The zero-order valence-electron chi connectivity index (χ0n) is 31.2. The van der Waals surface area contributed by atoms with Crippen molar-refractivity contribution in [2.75, 3.05) is 0 Å². The maximum atomic E-state index is 15.4. The molecule has 0 aliphatic carbocycles. The lowest BCUT2D eigenvalue weighted by molar-refractivity contribution is -0.688. The molecule has 0 radical (unpaired) electrons. The number of hydrogen-bond donors (Lipinski definition) is 1. The summed E-state index contributed by atoms with van der Waals surface area (Å²) >= 11 is 4.51. The summed E-state index contributed by atoms with van der Waals surface area (Å²) in [7, 11) is 0. The summed E-state index contributed by atoms with van der Waals surface area (Å²) in [6.45, 7) is 0.893. The Kier molecular flexibility index (Phi) is 13.4. The molecule has 65 heavy (non-hydrogen) atoms. The third-order valence-electron chi connectivity index (χ3n) is 10.0. The average molecular weight is 957 g/mol. The van der Waals surface area contributed by atoms with Crippen LogP contribution in [0.5, 0.6) is 0 Å². The van der Waals surface area contributed by atoms with E-state index in [-0.39, 0.29) is 0 Å². The summed E-state index contributed by atoms with van der Waals surface area (Å²) in [6.07, 6.45) is -2.99. The van der Waals surface area contributed by atoms with Crippen LogP contribution in [0.4, 0.5) is 87.8 Å². The zero-order valence-corrected chi connectivity index (χ0v) is 32.1. The van der Waals surface area contributed by atoms with Gasteiger partial charge in [-0.25, -0.2) is 92.4 Å². The van der Waals surface area contributed by atoms with Crippen molar-refractivity contribution in [2.45, 2.75) is 11.4 Å². The number of rotatable bonds is 7. The molecule has 1 heterocycles. The smallest absolute Gasteiger partial charge is 0.200 e. The molecule has 0 saturated heterocycles. The van der Waals surface area contributed by atoms with Gasteiger partial charge in [-0.1, -0.05) is 48.5 Å². The lowest BCUT2D eigenvalue weighted by atomic mass is 9.12. The Morgan fingerprint density at radius 1 is 0.323 bits per heavy atom. The molecule has 0 N–H and O–H groups in total. The Hall–Kier alpha value is -6.52. The van der Waals surface area contributed by atoms with Gasteiger partial charge in [-0.15, -0.1) is 34.5 Å². The molecule has 0 amide bonds. The standard InChI is InChI=1S/C24BF20.C18H15NS/c26-5-1(6(27)14(35)21(42)13(5)34)25(2-7(28)15(36)22(43)16(37)8(2)29,3-9(30)17(38)23(44)18(39)10(3)31)4-11(32)19(40)24(45)20(41)12(4)33;20-18-9-5-4-8-17(18)16-10-12-19(13-11-16)14-15-6-2-1-3-7-15/h;1-13H,14H2/q-1;/p+1. The number of thiol groups is 1. The first kappa shape index (κ1) is 48.0. The predicted molar refractivity (Wildman–Crippen MR) is 194 cm³/mol. The van der Waals surface area contributed by atoms with E-state index in [0.717, 1.165) is 11.4 Å². The highest BCUT2D eigenvalue weighted by Gasteiger charge is 2.52. The largest absolute Gasteiger partial charge is 0.207 e. The van der Waals surface area contributed by atoms with E-state index in [0.29, 0.717) is 0 Å². The molecule has 0 saturated carbocycles. The summed E-state index contributed by atoms with van der Waals surface area (Å²) < 4.78 is 296. The lowest BCUT2D eigenvalue weighted by Gasteiger charge is -2.44. The number of pyridine rings is 1. The van der Waals surface area contributed by atoms with Crippen molar-refractivity contribution in [3.63, 3.8) is 0 Å². The van der Waals surface area contributed by atoms with Crippen LogP contribution in [0.1, 0.15) is 5.56 Å². The van der Waals surface area contributed by atoms with Crippen LogP contribution in [0.25, 0.3) is 11.1 Å². The first-order valence-corrected chi connectivity index (χ1v) is 18.0. The molecule has 0 spiro atoms. The van der Waals surface area contributed by atoms with Crippen LogP contribution in [0, 0.1) is 116 Å². The van der Waals surface area contributed by atoms with Crippen LogP contribution in [0.3, 0.4) is 0 Å². The Morgan fingerprint density at radius 2 is 0.585 bits per heavy atom. The van der Waals surface area contributed by atoms with Crippen molar-refractivity contribution in [3.8, 4) is 11.1 Å². The maximum Gasteiger partial charge on any atom is 0.200 e. The second-order valence-electron chi connectivity index (χ2n) is 13.6. The fraction of sp³-hybridized carbons (Fsp3) is 0.0238. The van der Waals surface area contributed by atoms with Crippen molar-refractivity contribution >= 4 is 40.6 Å². The second-order valence-corrected chi connectivity index (χ2v) is 14.0. The normalized spacial score (nSPS) is 11.5. The van der Waals surface area contributed by atoms with E-state index in [1.54, 1.807) is 0 Å². The van der Waals surface area contributed by atoms with Gasteiger partial charge in [0.05, 0.1) is 0 Å². The van der Waals surface area contributed by atoms with Crippen LogP contribution in [-0.2, 0) is 6.54 Å². The summed E-state index contributed by atoms with van der Waals surface area (Å²) in [5, 5.41) is 0. The topological polar surface area (TPSA) is 3.88 Å². The van der Waals surface area contributed by atoms with Gasteiger partial charge < -0.3 is 0 Å². The van der Waals surface area contributed by atoms with Crippen molar-refractivity contribution in [2.24, 2.45) is 0 Å². The van der Waals surface area contributed by atoms with E-state index in [4.69, 9.17) is 0 Å². The van der Waals surface area contributed by atoms with Crippen molar-refractivity contribution in [3.05, 3.63) is 201 Å². The molecule has 1 aromatic heterocycles. The van der Waals surface area contributed by atoms with Crippen molar-refractivity contribution < 1.29 is 92.4 Å². The third kappa shape index (κ3) is 7.81. The van der Waals surface area contributed by atoms with E-state index in [9.17, 15) is 52.7 Å². The Balaban J connectivity index is 0.000000289. The quantitative estimate of drug-likeness (QED) is 0.0406.